The quantitative estimate of drug-likeness (QED) is 0.553. The minimum absolute atomic E-state index is 0.0815. The summed E-state index contributed by atoms with van der Waals surface area (Å²) in [6, 6.07) is 3.99. The second-order valence-corrected chi connectivity index (χ2v) is 6.87. The van der Waals surface area contributed by atoms with Crippen LogP contribution in [-0.2, 0) is 9.59 Å². The molecule has 0 saturated carbocycles. The fourth-order valence-electron chi connectivity index (χ4n) is 2.17. The van der Waals surface area contributed by atoms with Crippen LogP contribution in [0.3, 0.4) is 0 Å². The Labute approximate surface area is 154 Å². The summed E-state index contributed by atoms with van der Waals surface area (Å²) in [5, 5.41) is 16.0. The molecule has 140 valence electrons. The van der Waals surface area contributed by atoms with Crippen LogP contribution in [-0.4, -0.2) is 40.3 Å². The molecule has 2 rings (SSSR count). The number of amides is 2. The molecule has 2 N–H and O–H groups in total. The average molecular weight is 380 g/mol. The predicted molar refractivity (Wildman–Crippen MR) is 99.6 cm³/mol. The zero-order valence-corrected chi connectivity index (χ0v) is 15.5. The molecule has 1 aromatic carbocycles. The van der Waals surface area contributed by atoms with E-state index in [-0.39, 0.29) is 29.7 Å². The van der Waals surface area contributed by atoms with Crippen molar-refractivity contribution in [3.63, 3.8) is 0 Å². The Hall–Kier alpha value is -2.62. The van der Waals surface area contributed by atoms with Gasteiger partial charge >= 0.3 is 0 Å². The van der Waals surface area contributed by atoms with Crippen molar-refractivity contribution in [2.24, 2.45) is 4.99 Å². The lowest BCUT2D eigenvalue weighted by Gasteiger charge is -2.11. The van der Waals surface area contributed by atoms with E-state index in [2.05, 4.69) is 15.6 Å². The number of carbonyl (C=O) groups is 2. The smallest absolute Gasteiger partial charge is 0.271 e. The maximum absolute atomic E-state index is 12.3. The first kappa shape index (κ1) is 19.7. The van der Waals surface area contributed by atoms with Crippen LogP contribution in [0.25, 0.3) is 0 Å². The molecule has 9 nitrogen and oxygen atoms in total. The maximum Gasteiger partial charge on any atom is 0.271 e. The van der Waals surface area contributed by atoms with Crippen LogP contribution in [0, 0.1) is 10.1 Å². The molecule has 0 spiro atoms. The highest BCUT2D eigenvalue weighted by molar-refractivity contribution is 8.15. The molecule has 0 unspecified atom stereocenters. The fourth-order valence-corrected chi connectivity index (χ4v) is 3.24. The number of nitrogens with one attached hydrogen (secondary N) is 2. The van der Waals surface area contributed by atoms with Gasteiger partial charge in [-0.2, -0.15) is 0 Å². The van der Waals surface area contributed by atoms with Crippen molar-refractivity contribution < 1.29 is 19.2 Å². The topological polar surface area (TPSA) is 123 Å². The molecule has 0 bridgehead atoms. The molecule has 1 aliphatic heterocycles. The summed E-state index contributed by atoms with van der Waals surface area (Å²) in [7, 11) is 1.40. The number of ether oxygens (including phenoxy) is 1. The van der Waals surface area contributed by atoms with E-state index in [1.807, 2.05) is 13.8 Å². The van der Waals surface area contributed by atoms with Crippen LogP contribution >= 0.6 is 11.8 Å². The molecular formula is C16H20N4O5S. The molecule has 1 fully saturated rings. The Bertz CT molecular complexity index is 752. The van der Waals surface area contributed by atoms with Crippen molar-refractivity contribution in [2.75, 3.05) is 12.4 Å². The second kappa shape index (κ2) is 8.65. The average Bonchev–Trinajstić information content (AvgIpc) is 2.93. The van der Waals surface area contributed by atoms with E-state index in [1.165, 1.54) is 37.1 Å². The first-order valence-corrected chi connectivity index (χ1v) is 8.89. The Kier molecular flexibility index (Phi) is 6.56. The summed E-state index contributed by atoms with van der Waals surface area (Å²) in [6.45, 7) is 3.93. The van der Waals surface area contributed by atoms with E-state index in [9.17, 15) is 19.7 Å². The number of hydrogen-bond donors (Lipinski definition) is 2. The molecule has 1 aromatic rings. The minimum atomic E-state index is -0.595. The number of non-ortho nitro benzene ring substituents is 1. The number of anilines is 1. The summed E-state index contributed by atoms with van der Waals surface area (Å²) < 4.78 is 5.10. The first-order valence-electron chi connectivity index (χ1n) is 8.01. The van der Waals surface area contributed by atoms with Gasteiger partial charge in [0.25, 0.3) is 5.69 Å². The van der Waals surface area contributed by atoms with E-state index in [4.69, 9.17) is 4.74 Å². The molecule has 10 heteroatoms. The zero-order valence-electron chi connectivity index (χ0n) is 14.6. The van der Waals surface area contributed by atoms with E-state index >= 15 is 0 Å². The van der Waals surface area contributed by atoms with Crippen LogP contribution in [0.2, 0.25) is 0 Å². The maximum atomic E-state index is 12.3. The lowest BCUT2D eigenvalue weighted by atomic mass is 10.2. The molecule has 2 atom stereocenters. The van der Waals surface area contributed by atoms with Gasteiger partial charge in [-0.25, -0.2) is 0 Å². The predicted octanol–water partition coefficient (Wildman–Crippen LogP) is 2.32. The number of nitrogens with zero attached hydrogens (tertiary/aromatic N) is 2. The van der Waals surface area contributed by atoms with Gasteiger partial charge in [0.05, 0.1) is 17.7 Å². The number of benzene rings is 1. The van der Waals surface area contributed by atoms with Gasteiger partial charge in [-0.05, 0) is 19.4 Å². The van der Waals surface area contributed by atoms with Gasteiger partial charge in [0.15, 0.2) is 5.17 Å². The summed E-state index contributed by atoms with van der Waals surface area (Å²) in [4.78, 5) is 39.0. The Morgan fingerprint density at radius 3 is 2.88 bits per heavy atom. The highest BCUT2D eigenvalue weighted by atomic mass is 32.2. The third kappa shape index (κ3) is 4.94. The molecule has 0 radical (unpaired) electrons. The molecule has 0 aliphatic carbocycles. The normalized spacial score (nSPS) is 19.1. The van der Waals surface area contributed by atoms with Crippen LogP contribution in [0.1, 0.15) is 26.7 Å². The van der Waals surface area contributed by atoms with Crippen molar-refractivity contribution in [1.82, 2.24) is 5.32 Å². The summed E-state index contributed by atoms with van der Waals surface area (Å²) >= 11 is 1.21. The monoisotopic (exact) mass is 380 g/mol. The van der Waals surface area contributed by atoms with Gasteiger partial charge < -0.3 is 15.4 Å². The number of amidine groups is 1. The van der Waals surface area contributed by atoms with Crippen molar-refractivity contribution in [2.45, 2.75) is 38.0 Å². The Morgan fingerprint density at radius 1 is 1.54 bits per heavy atom. The lowest BCUT2D eigenvalue weighted by molar-refractivity contribution is -0.384. The standard InChI is InChI=1S/C16H20N4O5S/c1-4-9(2)17-16-19-15(22)13(26-16)8-14(21)18-11-7-10(20(23)24)5-6-12(11)25-3/h5-7,9,13H,4,8H2,1-3H3,(H,18,21)(H,17,19,22)/t9-,13-/m0/s1. The highest BCUT2D eigenvalue weighted by Gasteiger charge is 2.32. The van der Waals surface area contributed by atoms with Crippen molar-refractivity contribution in [3.05, 3.63) is 28.3 Å². The Morgan fingerprint density at radius 2 is 2.27 bits per heavy atom. The third-order valence-electron chi connectivity index (χ3n) is 3.74. The largest absolute Gasteiger partial charge is 0.495 e. The van der Waals surface area contributed by atoms with Crippen LogP contribution in [0.4, 0.5) is 11.4 Å². The van der Waals surface area contributed by atoms with Gasteiger partial charge in [-0.15, -0.1) is 0 Å². The number of rotatable bonds is 7. The van der Waals surface area contributed by atoms with E-state index in [1.54, 1.807) is 0 Å². The fraction of sp³-hybridized carbons (Fsp3) is 0.438. The lowest BCUT2D eigenvalue weighted by Crippen LogP contribution is -2.28. The molecule has 1 aliphatic rings. The van der Waals surface area contributed by atoms with E-state index < -0.39 is 16.1 Å². The molecule has 2 amide bonds. The highest BCUT2D eigenvalue weighted by Crippen LogP contribution is 2.30. The SMILES string of the molecule is CC[C@H](C)N=C1NC(=O)[C@H](CC(=O)Nc2cc([N+](=O)[O-])ccc2OC)S1. The molecule has 26 heavy (non-hydrogen) atoms. The van der Waals surface area contributed by atoms with E-state index in [0.717, 1.165) is 6.42 Å². The van der Waals surface area contributed by atoms with Gasteiger partial charge in [0, 0.05) is 24.6 Å². The Balaban J connectivity index is 2.05. The van der Waals surface area contributed by atoms with Crippen molar-refractivity contribution in [3.8, 4) is 5.75 Å². The van der Waals surface area contributed by atoms with Crippen LogP contribution in [0.15, 0.2) is 23.2 Å². The van der Waals surface area contributed by atoms with Gasteiger partial charge in [0.1, 0.15) is 11.0 Å². The molecule has 0 aromatic heterocycles. The van der Waals surface area contributed by atoms with Crippen molar-refractivity contribution >= 4 is 40.1 Å². The number of nitro groups is 1. The summed E-state index contributed by atoms with van der Waals surface area (Å²) in [5.74, 6) is -0.425. The molecular weight excluding hydrogens is 360 g/mol. The minimum Gasteiger partial charge on any atom is -0.495 e. The van der Waals surface area contributed by atoms with Gasteiger partial charge in [0.2, 0.25) is 11.8 Å². The zero-order chi connectivity index (χ0) is 19.3. The number of thioether (sulfide) groups is 1. The number of aliphatic imine (C=N–C) groups is 1. The van der Waals surface area contributed by atoms with Crippen molar-refractivity contribution in [1.29, 1.82) is 0 Å². The number of carbonyl (C=O) groups excluding carboxylic acids is 2. The van der Waals surface area contributed by atoms with Gasteiger partial charge in [-0.1, -0.05) is 18.7 Å². The second-order valence-electron chi connectivity index (χ2n) is 5.68. The first-order chi connectivity index (χ1) is 12.3. The molecule has 1 heterocycles. The number of methoxy groups -OCH3 is 1. The number of nitro benzene ring substituents is 1. The summed E-state index contributed by atoms with van der Waals surface area (Å²) in [6.07, 6.45) is 0.763. The van der Waals surface area contributed by atoms with Crippen LogP contribution in [0.5, 0.6) is 5.75 Å². The van der Waals surface area contributed by atoms with Crippen LogP contribution < -0.4 is 15.4 Å². The molecule has 1 saturated heterocycles. The summed E-state index contributed by atoms with van der Waals surface area (Å²) in [5.41, 5.74) is 0.0145. The number of hydrogen-bond acceptors (Lipinski definition) is 7. The van der Waals surface area contributed by atoms with E-state index in [0.29, 0.717) is 10.9 Å². The van der Waals surface area contributed by atoms with Gasteiger partial charge in [-0.3, -0.25) is 24.7 Å². The third-order valence-corrected chi connectivity index (χ3v) is 4.84.